The van der Waals surface area contributed by atoms with E-state index in [0.29, 0.717) is 31.9 Å². The van der Waals surface area contributed by atoms with Crippen LogP contribution in [0, 0.1) is 0 Å². The number of para-hydroxylation sites is 1. The molecule has 1 saturated heterocycles. The Morgan fingerprint density at radius 2 is 1.74 bits per heavy atom. The van der Waals surface area contributed by atoms with E-state index < -0.39 is 45.1 Å². The van der Waals surface area contributed by atoms with Crippen molar-refractivity contribution < 1.29 is 49.5 Å². The van der Waals surface area contributed by atoms with Crippen molar-refractivity contribution in [2.45, 2.75) is 17.7 Å². The molecule has 9 nitrogen and oxygen atoms in total. The Morgan fingerprint density at radius 3 is 2.34 bits per heavy atom. The number of methoxy groups -OCH3 is 1. The summed E-state index contributed by atoms with van der Waals surface area (Å²) in [4.78, 5) is 16.7. The number of hydrogen-bond donors (Lipinski definition) is 1. The fraction of sp³-hybridized carbons (Fsp3) is 0.350. The Kier molecular flexibility index (Phi) is 7.90. The zero-order chi connectivity index (χ0) is 25.8. The van der Waals surface area contributed by atoms with Crippen molar-refractivity contribution in [1.29, 1.82) is 0 Å². The Labute approximate surface area is 197 Å². The third-order valence-electron chi connectivity index (χ3n) is 4.79. The van der Waals surface area contributed by atoms with Gasteiger partial charge in [-0.15, -0.1) is 0 Å². The molecule has 2 aromatic rings. The van der Waals surface area contributed by atoms with Gasteiger partial charge in [0.2, 0.25) is 0 Å². The maximum atomic E-state index is 13.3. The minimum absolute atomic E-state index is 0.275. The smallest absolute Gasteiger partial charge is 0.493 e. The predicted octanol–water partition coefficient (Wildman–Crippen LogP) is 2.92. The first kappa shape index (κ1) is 26.3. The van der Waals surface area contributed by atoms with Crippen molar-refractivity contribution in [3.05, 3.63) is 42.5 Å². The van der Waals surface area contributed by atoms with Gasteiger partial charge in [0.15, 0.2) is 0 Å². The summed E-state index contributed by atoms with van der Waals surface area (Å²) in [5, 5.41) is 3.11. The molecule has 2 aromatic carbocycles. The topological polar surface area (TPSA) is 97.4 Å². The molecule has 0 spiro atoms. The van der Waals surface area contributed by atoms with Crippen LogP contribution in [0.5, 0.6) is 11.5 Å². The lowest BCUT2D eigenvalue weighted by molar-refractivity contribution is -0.199. The summed E-state index contributed by atoms with van der Waals surface area (Å²) in [7, 11) is -3.85. The summed E-state index contributed by atoms with van der Waals surface area (Å²) in [5.41, 5.74) is -0.198. The molecule has 1 aliphatic heterocycles. The van der Waals surface area contributed by atoms with Gasteiger partial charge in [0.1, 0.15) is 16.4 Å². The van der Waals surface area contributed by atoms with Crippen molar-refractivity contribution in [2.75, 3.05) is 42.7 Å². The number of carbonyl (C=O) groups is 1. The first-order valence-corrected chi connectivity index (χ1v) is 11.4. The Morgan fingerprint density at radius 1 is 1.09 bits per heavy atom. The summed E-state index contributed by atoms with van der Waals surface area (Å²) in [6.07, 6.45) is -5.55. The van der Waals surface area contributed by atoms with Crippen molar-refractivity contribution in [1.82, 2.24) is 5.32 Å². The van der Waals surface area contributed by atoms with Gasteiger partial charge in [-0.2, -0.15) is 30.4 Å². The Balaban J connectivity index is 2.15. The molecule has 0 radical (unpaired) electrons. The number of piperazine rings is 1. The molecule has 0 saturated carbocycles. The highest BCUT2D eigenvalue weighted by Gasteiger charge is 2.45. The highest BCUT2D eigenvalue weighted by atomic mass is 32.2. The molecule has 1 heterocycles. The van der Waals surface area contributed by atoms with E-state index in [1.807, 2.05) is 0 Å². The van der Waals surface area contributed by atoms with Gasteiger partial charge in [0.05, 0.1) is 18.5 Å². The van der Waals surface area contributed by atoms with Gasteiger partial charge >= 0.3 is 18.8 Å². The number of nitrogens with one attached hydrogen (secondary N) is 1. The largest absolute Gasteiger partial charge is 0.495 e. The summed E-state index contributed by atoms with van der Waals surface area (Å²) in [6.45, 7) is -1.38. The molecule has 1 aliphatic rings. The SMILES string of the molecule is COc1ccc(N(OC(=O)C(F)(F)F)S(=O)(=O)c2ccccc2OC(F)F)cc1N1CCNCC1. The van der Waals surface area contributed by atoms with Gasteiger partial charge < -0.3 is 24.5 Å². The number of halogens is 5. The maximum Gasteiger partial charge on any atom is 0.493 e. The van der Waals surface area contributed by atoms with Crippen LogP contribution in [0.1, 0.15) is 0 Å². The molecule has 1 N–H and O–H groups in total. The van der Waals surface area contributed by atoms with Gasteiger partial charge in [-0.1, -0.05) is 16.6 Å². The van der Waals surface area contributed by atoms with Crippen LogP contribution in [0.3, 0.4) is 0 Å². The average Bonchev–Trinajstić information content (AvgIpc) is 2.81. The van der Waals surface area contributed by atoms with Crippen LogP contribution >= 0.6 is 0 Å². The summed E-state index contributed by atoms with van der Waals surface area (Å²) in [6, 6.07) is 7.49. The molecular formula is C20H20F5N3O6S. The second-order valence-electron chi connectivity index (χ2n) is 7.03. The lowest BCUT2D eigenvalue weighted by Gasteiger charge is -2.31. The molecule has 192 valence electrons. The second-order valence-corrected chi connectivity index (χ2v) is 8.75. The van der Waals surface area contributed by atoms with Crippen LogP contribution in [0.2, 0.25) is 0 Å². The molecule has 0 aliphatic carbocycles. The van der Waals surface area contributed by atoms with Crippen LogP contribution in [0.4, 0.5) is 33.3 Å². The minimum Gasteiger partial charge on any atom is -0.495 e. The fourth-order valence-electron chi connectivity index (χ4n) is 3.26. The van der Waals surface area contributed by atoms with E-state index in [1.54, 1.807) is 4.90 Å². The van der Waals surface area contributed by atoms with E-state index in [2.05, 4.69) is 14.9 Å². The van der Waals surface area contributed by atoms with Crippen LogP contribution in [-0.2, 0) is 19.7 Å². The van der Waals surface area contributed by atoms with Gasteiger partial charge in [-0.3, -0.25) is 0 Å². The van der Waals surface area contributed by atoms with E-state index in [-0.39, 0.29) is 10.2 Å². The quantitative estimate of drug-likeness (QED) is 0.415. The number of sulfonamides is 1. The van der Waals surface area contributed by atoms with Gasteiger partial charge in [-0.05, 0) is 30.3 Å². The minimum atomic E-state index is -5.55. The van der Waals surface area contributed by atoms with E-state index in [4.69, 9.17) is 4.74 Å². The number of ether oxygens (including phenoxy) is 2. The van der Waals surface area contributed by atoms with Crippen LogP contribution in [-0.4, -0.2) is 60.5 Å². The number of rotatable bonds is 8. The molecular weight excluding hydrogens is 505 g/mol. The normalized spacial score (nSPS) is 14.5. The number of hydrogen-bond acceptors (Lipinski definition) is 8. The lowest BCUT2D eigenvalue weighted by Crippen LogP contribution is -2.44. The first-order valence-electron chi connectivity index (χ1n) is 9.97. The monoisotopic (exact) mass is 525 g/mol. The molecule has 0 unspecified atom stereocenters. The summed E-state index contributed by atoms with van der Waals surface area (Å²) < 4.78 is 101. The first-order chi connectivity index (χ1) is 16.4. The van der Waals surface area contributed by atoms with Crippen LogP contribution in [0.15, 0.2) is 47.4 Å². The van der Waals surface area contributed by atoms with E-state index in [1.165, 1.54) is 19.2 Å². The number of alkyl halides is 5. The average molecular weight is 525 g/mol. The molecule has 0 amide bonds. The molecule has 0 bridgehead atoms. The third-order valence-corrected chi connectivity index (χ3v) is 6.40. The van der Waals surface area contributed by atoms with E-state index in [0.717, 1.165) is 30.3 Å². The Hall–Kier alpha value is -3.33. The van der Waals surface area contributed by atoms with E-state index >= 15 is 0 Å². The molecule has 35 heavy (non-hydrogen) atoms. The Bertz CT molecular complexity index is 1160. The fourth-order valence-corrected chi connectivity index (χ4v) is 4.61. The van der Waals surface area contributed by atoms with Crippen molar-refractivity contribution in [3.8, 4) is 11.5 Å². The number of anilines is 2. The lowest BCUT2D eigenvalue weighted by atomic mass is 10.2. The maximum absolute atomic E-state index is 13.3. The van der Waals surface area contributed by atoms with Crippen molar-refractivity contribution in [3.63, 3.8) is 0 Å². The van der Waals surface area contributed by atoms with E-state index in [9.17, 15) is 35.2 Å². The second kappa shape index (κ2) is 10.5. The van der Waals surface area contributed by atoms with Crippen LogP contribution < -0.4 is 24.2 Å². The molecule has 0 aromatic heterocycles. The number of carbonyl (C=O) groups excluding carboxylic acids is 1. The van der Waals surface area contributed by atoms with Crippen LogP contribution in [0.25, 0.3) is 0 Å². The highest BCUT2D eigenvalue weighted by molar-refractivity contribution is 7.92. The van der Waals surface area contributed by atoms with Gasteiger partial charge in [0.25, 0.3) is 10.0 Å². The van der Waals surface area contributed by atoms with Gasteiger partial charge in [-0.25, -0.2) is 4.79 Å². The third kappa shape index (κ3) is 6.03. The van der Waals surface area contributed by atoms with Crippen molar-refractivity contribution >= 4 is 27.4 Å². The highest BCUT2D eigenvalue weighted by Crippen LogP contribution is 2.37. The van der Waals surface area contributed by atoms with Gasteiger partial charge in [0, 0.05) is 26.2 Å². The van der Waals surface area contributed by atoms with Crippen molar-refractivity contribution in [2.24, 2.45) is 0 Å². The zero-order valence-corrected chi connectivity index (χ0v) is 18.9. The molecule has 3 rings (SSSR count). The molecule has 1 fully saturated rings. The predicted molar refractivity (Wildman–Crippen MR) is 113 cm³/mol. The molecule has 15 heteroatoms. The summed E-state index contributed by atoms with van der Waals surface area (Å²) in [5.74, 6) is -3.42. The molecule has 0 atom stereocenters. The summed E-state index contributed by atoms with van der Waals surface area (Å²) >= 11 is 0. The zero-order valence-electron chi connectivity index (χ0n) is 18.1. The number of nitrogens with zero attached hydrogens (tertiary/aromatic N) is 2. The standard InChI is InChI=1S/C20H20F5N3O6S/c1-32-15-7-6-13(12-14(15)27-10-8-26-9-11-27)28(34-18(29)20(23,24)25)35(30,31)17-5-3-2-4-16(17)33-19(21)22/h2-7,12,19,26H,8-11H2,1H3. The number of benzene rings is 2.